The predicted molar refractivity (Wildman–Crippen MR) is 133 cm³/mol. The number of rotatable bonds is 10. The first-order valence-corrected chi connectivity index (χ1v) is 11.1. The lowest BCUT2D eigenvalue weighted by Crippen LogP contribution is -2.56. The molecule has 0 saturated carbocycles. The van der Waals surface area contributed by atoms with Crippen LogP contribution in [0.15, 0.2) is 65.7 Å². The molecule has 1 aromatic carbocycles. The van der Waals surface area contributed by atoms with Gasteiger partial charge in [0.15, 0.2) is 6.19 Å². The zero-order valence-corrected chi connectivity index (χ0v) is 19.5. The smallest absolute Gasteiger partial charge is 0.237 e. The maximum absolute atomic E-state index is 12.6. The standard InChI is InChI=1S/C24H30ClN7O/c1-3-5-6-18(4-2)11-12-29-24(31-17-26)30-15-21(32-14-13-28-16-22(32)33)23(27)19-7-9-20(25)10-8-19/h3-10,21,27-28H,1,11-16H2,2H3,(H2,29,30,31)/b6-5-,18-4+,27-23?. The van der Waals surface area contributed by atoms with Crippen LogP contribution >= 0.6 is 11.6 Å². The van der Waals surface area contributed by atoms with Crippen molar-refractivity contribution in [2.24, 2.45) is 4.99 Å². The van der Waals surface area contributed by atoms with Crippen molar-refractivity contribution in [3.8, 4) is 6.19 Å². The Hall–Kier alpha value is -3.41. The second-order valence-corrected chi connectivity index (χ2v) is 7.70. The summed E-state index contributed by atoms with van der Waals surface area (Å²) >= 11 is 5.99. The van der Waals surface area contributed by atoms with Crippen LogP contribution in [-0.4, -0.2) is 61.2 Å². The SMILES string of the molecule is C=C/C=C\C(=C/C)CCNC(=NCC(C(=N)c1ccc(Cl)cc1)N1CCNCC1=O)NC#N. The van der Waals surface area contributed by atoms with E-state index in [9.17, 15) is 4.79 Å². The maximum Gasteiger partial charge on any atom is 0.237 e. The Kier molecular flexibility index (Phi) is 10.9. The minimum absolute atomic E-state index is 0.0883. The minimum Gasteiger partial charge on any atom is -0.355 e. The lowest BCUT2D eigenvalue weighted by Gasteiger charge is -2.34. The minimum atomic E-state index is -0.570. The molecule has 1 fully saturated rings. The van der Waals surface area contributed by atoms with Gasteiger partial charge in [-0.3, -0.25) is 10.1 Å². The number of hydrogen-bond acceptors (Lipinski definition) is 5. The third-order valence-electron chi connectivity index (χ3n) is 5.11. The molecule has 9 heteroatoms. The molecule has 1 aliphatic rings. The second-order valence-electron chi connectivity index (χ2n) is 7.26. The lowest BCUT2D eigenvalue weighted by atomic mass is 10.0. The molecule has 0 spiro atoms. The Bertz CT molecular complexity index is 960. The van der Waals surface area contributed by atoms with E-state index in [1.807, 2.05) is 31.3 Å². The molecule has 2 rings (SSSR count). The summed E-state index contributed by atoms with van der Waals surface area (Å²) in [4.78, 5) is 18.7. The summed E-state index contributed by atoms with van der Waals surface area (Å²) in [7, 11) is 0. The van der Waals surface area contributed by atoms with Crippen LogP contribution in [0.1, 0.15) is 18.9 Å². The summed E-state index contributed by atoms with van der Waals surface area (Å²) in [6.07, 6.45) is 10.2. The Morgan fingerprint density at radius 3 is 2.85 bits per heavy atom. The third kappa shape index (κ3) is 8.22. The van der Waals surface area contributed by atoms with Gasteiger partial charge in [-0.2, -0.15) is 5.26 Å². The highest BCUT2D eigenvalue weighted by Gasteiger charge is 2.29. The Morgan fingerprint density at radius 1 is 1.45 bits per heavy atom. The average Bonchev–Trinajstić information content (AvgIpc) is 2.82. The molecule has 174 valence electrons. The van der Waals surface area contributed by atoms with E-state index in [-0.39, 0.29) is 24.7 Å². The molecular formula is C24H30ClN7O. The number of nitrogens with one attached hydrogen (secondary N) is 4. The van der Waals surface area contributed by atoms with Crippen molar-refractivity contribution in [2.45, 2.75) is 19.4 Å². The van der Waals surface area contributed by atoms with E-state index < -0.39 is 6.04 Å². The van der Waals surface area contributed by atoms with Crippen molar-refractivity contribution in [3.63, 3.8) is 0 Å². The third-order valence-corrected chi connectivity index (χ3v) is 5.36. The van der Waals surface area contributed by atoms with Gasteiger partial charge in [0.1, 0.15) is 0 Å². The van der Waals surface area contributed by atoms with Crippen LogP contribution in [0.2, 0.25) is 5.02 Å². The largest absolute Gasteiger partial charge is 0.355 e. The zero-order valence-electron chi connectivity index (χ0n) is 18.8. The first kappa shape index (κ1) is 25.8. The summed E-state index contributed by atoms with van der Waals surface area (Å²) < 4.78 is 0. The molecule has 0 aliphatic carbocycles. The van der Waals surface area contributed by atoms with Crippen LogP contribution in [0.5, 0.6) is 0 Å². The van der Waals surface area contributed by atoms with Gasteiger partial charge in [-0.1, -0.05) is 60.2 Å². The fraction of sp³-hybridized carbons (Fsp3) is 0.333. The van der Waals surface area contributed by atoms with Crippen molar-refractivity contribution in [2.75, 3.05) is 32.7 Å². The molecule has 1 amide bonds. The number of nitriles is 1. The molecule has 1 aliphatic heterocycles. The van der Waals surface area contributed by atoms with E-state index in [0.717, 1.165) is 12.0 Å². The second kappa shape index (κ2) is 13.9. The first-order valence-electron chi connectivity index (χ1n) is 10.7. The molecule has 0 radical (unpaired) electrons. The highest BCUT2D eigenvalue weighted by Crippen LogP contribution is 2.15. The average molecular weight is 468 g/mol. The van der Waals surface area contributed by atoms with Crippen molar-refractivity contribution in [1.82, 2.24) is 20.9 Å². The number of carbonyl (C=O) groups excluding carboxylic acids is 1. The number of halogens is 1. The van der Waals surface area contributed by atoms with Gasteiger partial charge in [0, 0.05) is 24.7 Å². The summed E-state index contributed by atoms with van der Waals surface area (Å²) in [5, 5.41) is 27.2. The van der Waals surface area contributed by atoms with Gasteiger partial charge < -0.3 is 20.9 Å². The molecule has 1 heterocycles. The summed E-state index contributed by atoms with van der Waals surface area (Å²) in [6.45, 7) is 7.67. The topological polar surface area (TPSA) is 116 Å². The number of guanidine groups is 1. The molecule has 0 bridgehead atoms. The van der Waals surface area contributed by atoms with Gasteiger partial charge in [-0.15, -0.1) is 0 Å². The molecule has 8 nitrogen and oxygen atoms in total. The summed E-state index contributed by atoms with van der Waals surface area (Å²) in [6, 6.07) is 6.39. The number of carbonyl (C=O) groups is 1. The Morgan fingerprint density at radius 2 is 2.21 bits per heavy atom. The van der Waals surface area contributed by atoms with Crippen LogP contribution in [0, 0.1) is 16.9 Å². The van der Waals surface area contributed by atoms with Crippen LogP contribution in [-0.2, 0) is 4.79 Å². The molecule has 1 atom stereocenters. The highest BCUT2D eigenvalue weighted by atomic mass is 35.5. The van der Waals surface area contributed by atoms with Gasteiger partial charge in [-0.25, -0.2) is 4.99 Å². The van der Waals surface area contributed by atoms with Gasteiger partial charge in [-0.05, 0) is 31.0 Å². The Balaban J connectivity index is 2.17. The van der Waals surface area contributed by atoms with Crippen molar-refractivity contribution < 1.29 is 4.79 Å². The molecule has 0 aromatic heterocycles. The number of hydrogen-bond donors (Lipinski definition) is 4. The van der Waals surface area contributed by atoms with Crippen molar-refractivity contribution >= 4 is 29.2 Å². The van der Waals surface area contributed by atoms with E-state index in [0.29, 0.717) is 36.2 Å². The number of aliphatic imine (C=N–C) groups is 1. The molecule has 1 aromatic rings. The predicted octanol–water partition coefficient (Wildman–Crippen LogP) is 2.60. The maximum atomic E-state index is 12.6. The van der Waals surface area contributed by atoms with E-state index >= 15 is 0 Å². The van der Waals surface area contributed by atoms with Crippen molar-refractivity contribution in [3.05, 3.63) is 71.3 Å². The monoisotopic (exact) mass is 467 g/mol. The quantitative estimate of drug-likeness (QED) is 0.139. The van der Waals surface area contributed by atoms with Crippen LogP contribution in [0.3, 0.4) is 0 Å². The van der Waals surface area contributed by atoms with E-state index in [1.165, 1.54) is 0 Å². The Labute approximate surface area is 200 Å². The fourth-order valence-corrected chi connectivity index (χ4v) is 3.46. The number of piperazine rings is 1. The summed E-state index contributed by atoms with van der Waals surface area (Å²) in [5.41, 5.74) is 2.06. The van der Waals surface area contributed by atoms with E-state index in [2.05, 4.69) is 27.5 Å². The molecule has 4 N–H and O–H groups in total. The number of nitrogens with zero attached hydrogens (tertiary/aromatic N) is 3. The first-order chi connectivity index (χ1) is 16.0. The number of allylic oxidation sites excluding steroid dienone is 4. The van der Waals surface area contributed by atoms with E-state index in [4.69, 9.17) is 22.3 Å². The molecule has 1 unspecified atom stereocenters. The normalized spacial score (nSPS) is 15.8. The van der Waals surface area contributed by atoms with Crippen LogP contribution in [0.25, 0.3) is 0 Å². The van der Waals surface area contributed by atoms with Crippen LogP contribution < -0.4 is 16.0 Å². The number of benzene rings is 1. The van der Waals surface area contributed by atoms with Gasteiger partial charge in [0.05, 0.1) is 24.8 Å². The molecule has 33 heavy (non-hydrogen) atoms. The van der Waals surface area contributed by atoms with Crippen molar-refractivity contribution in [1.29, 1.82) is 10.7 Å². The summed E-state index contributed by atoms with van der Waals surface area (Å²) in [5.74, 6) is 0.215. The van der Waals surface area contributed by atoms with E-state index in [1.54, 1.807) is 35.2 Å². The fourth-order valence-electron chi connectivity index (χ4n) is 3.33. The lowest BCUT2D eigenvalue weighted by molar-refractivity contribution is -0.132. The van der Waals surface area contributed by atoms with Crippen LogP contribution in [0.4, 0.5) is 0 Å². The van der Waals surface area contributed by atoms with Gasteiger partial charge in [0.25, 0.3) is 0 Å². The zero-order chi connectivity index (χ0) is 24.1. The van der Waals surface area contributed by atoms with Gasteiger partial charge in [0.2, 0.25) is 11.9 Å². The number of amides is 1. The van der Waals surface area contributed by atoms with Gasteiger partial charge >= 0.3 is 0 Å². The molecule has 1 saturated heterocycles. The highest BCUT2D eigenvalue weighted by molar-refractivity contribution is 6.30. The molecular weight excluding hydrogens is 438 g/mol.